The number of thioether (sulfide) groups is 1. The fourth-order valence-electron chi connectivity index (χ4n) is 3.43. The fraction of sp³-hybridized carbons (Fsp3) is 0.812. The minimum absolute atomic E-state index is 0. The fourth-order valence-corrected chi connectivity index (χ4v) is 4.99. The molecule has 2 aliphatic rings. The molecule has 0 bridgehead atoms. The topological polar surface area (TPSA) is 70.4 Å². The molecule has 3 heterocycles. The van der Waals surface area contributed by atoms with E-state index in [9.17, 15) is 0 Å². The van der Waals surface area contributed by atoms with E-state index in [0.29, 0.717) is 6.04 Å². The zero-order chi connectivity index (χ0) is 17.2. The molecule has 3 rings (SSSR count). The van der Waals surface area contributed by atoms with Gasteiger partial charge in [-0.25, -0.2) is 9.67 Å². The van der Waals surface area contributed by atoms with E-state index in [1.54, 1.807) is 0 Å². The number of aliphatic imine (C=N–C) groups is 1. The van der Waals surface area contributed by atoms with Crippen LogP contribution in [0.3, 0.4) is 0 Å². The molecule has 0 amide bonds. The van der Waals surface area contributed by atoms with E-state index in [4.69, 9.17) is 0 Å². The Morgan fingerprint density at radius 1 is 1.48 bits per heavy atom. The zero-order valence-electron chi connectivity index (χ0n) is 15.6. The molecule has 1 saturated heterocycles. The van der Waals surface area contributed by atoms with Crippen LogP contribution in [-0.2, 0) is 13.0 Å². The maximum atomic E-state index is 4.47. The smallest absolute Gasteiger partial charge is 0.191 e. The quantitative estimate of drug-likeness (QED) is 0.383. The lowest BCUT2D eigenvalue weighted by atomic mass is 9.97. The summed E-state index contributed by atoms with van der Waals surface area (Å²) >= 11 is 2.04. The largest absolute Gasteiger partial charge is 0.355 e. The first-order valence-corrected chi connectivity index (χ1v) is 9.80. The number of likely N-dealkylation sites (N-methyl/N-ethyl adjacent to an activating group) is 1. The number of fused-ring (bicyclic) bond motifs is 1. The van der Waals surface area contributed by atoms with Crippen molar-refractivity contribution in [3.63, 3.8) is 0 Å². The monoisotopic (exact) mass is 479 g/mol. The van der Waals surface area contributed by atoms with Crippen molar-refractivity contribution < 1.29 is 0 Å². The van der Waals surface area contributed by atoms with Gasteiger partial charge in [0.2, 0.25) is 0 Å². The van der Waals surface area contributed by atoms with Gasteiger partial charge in [-0.15, -0.1) is 24.0 Å². The highest BCUT2D eigenvalue weighted by molar-refractivity contribution is 14.0. The molecule has 142 valence electrons. The van der Waals surface area contributed by atoms with Crippen molar-refractivity contribution in [2.75, 3.05) is 39.2 Å². The summed E-state index contributed by atoms with van der Waals surface area (Å²) in [7, 11) is 6.20. The molecule has 0 spiro atoms. The number of nitrogens with zero attached hydrogens (tertiary/aromatic N) is 5. The van der Waals surface area contributed by atoms with Gasteiger partial charge in [-0.2, -0.15) is 16.9 Å². The molecular weight excluding hydrogens is 449 g/mol. The summed E-state index contributed by atoms with van der Waals surface area (Å²) in [6.07, 6.45) is 3.25. The van der Waals surface area contributed by atoms with Gasteiger partial charge in [0.05, 0.1) is 6.54 Å². The lowest BCUT2D eigenvalue weighted by molar-refractivity contribution is 0.182. The summed E-state index contributed by atoms with van der Waals surface area (Å²) in [5, 5.41) is 11.6. The minimum Gasteiger partial charge on any atom is -0.355 e. The van der Waals surface area contributed by atoms with Crippen molar-refractivity contribution in [1.82, 2.24) is 30.3 Å². The number of aryl methyl sites for hydroxylation is 2. The van der Waals surface area contributed by atoms with Crippen LogP contribution in [0.1, 0.15) is 24.5 Å². The summed E-state index contributed by atoms with van der Waals surface area (Å²) in [4.78, 5) is 11.3. The molecule has 7 nitrogen and oxygen atoms in total. The lowest BCUT2D eigenvalue weighted by Gasteiger charge is -2.36. The molecular formula is C16H30IN7S. The second kappa shape index (κ2) is 8.90. The average molecular weight is 479 g/mol. The van der Waals surface area contributed by atoms with Crippen LogP contribution in [0.25, 0.3) is 0 Å². The molecule has 2 aliphatic heterocycles. The van der Waals surface area contributed by atoms with Crippen molar-refractivity contribution in [3.8, 4) is 0 Å². The molecule has 1 aromatic rings. The van der Waals surface area contributed by atoms with E-state index in [0.717, 1.165) is 43.5 Å². The summed E-state index contributed by atoms with van der Waals surface area (Å²) in [5.41, 5.74) is 0.227. The number of guanidine groups is 1. The van der Waals surface area contributed by atoms with E-state index in [1.807, 2.05) is 30.4 Å². The first-order valence-electron chi connectivity index (χ1n) is 8.65. The average Bonchev–Trinajstić information content (AvgIpc) is 3.17. The van der Waals surface area contributed by atoms with Crippen LogP contribution in [-0.4, -0.2) is 76.4 Å². The zero-order valence-corrected chi connectivity index (χ0v) is 18.7. The van der Waals surface area contributed by atoms with E-state index < -0.39 is 0 Å². The predicted octanol–water partition coefficient (Wildman–Crippen LogP) is 1.12. The second-order valence-corrected chi connectivity index (χ2v) is 8.09. The molecule has 1 aromatic heterocycles. The Balaban J connectivity index is 0.00000225. The van der Waals surface area contributed by atoms with Gasteiger partial charge in [-0.05, 0) is 39.6 Å². The number of rotatable bonds is 4. The van der Waals surface area contributed by atoms with Crippen molar-refractivity contribution in [2.24, 2.45) is 4.99 Å². The Bertz CT molecular complexity index is 595. The van der Waals surface area contributed by atoms with Crippen LogP contribution < -0.4 is 10.6 Å². The molecule has 2 atom stereocenters. The normalized spacial score (nSPS) is 26.3. The first kappa shape index (κ1) is 20.8. The van der Waals surface area contributed by atoms with Crippen molar-refractivity contribution in [3.05, 3.63) is 11.6 Å². The summed E-state index contributed by atoms with van der Waals surface area (Å²) in [6.45, 7) is 3.73. The van der Waals surface area contributed by atoms with Crippen molar-refractivity contribution in [2.45, 2.75) is 44.3 Å². The summed E-state index contributed by atoms with van der Waals surface area (Å²) in [6, 6.07) is 0.345. The Hall–Kier alpha value is -0.550. The molecule has 1 fully saturated rings. The molecule has 9 heteroatoms. The molecule has 25 heavy (non-hydrogen) atoms. The van der Waals surface area contributed by atoms with Crippen LogP contribution in [0.2, 0.25) is 0 Å². The molecule has 0 radical (unpaired) electrons. The van der Waals surface area contributed by atoms with Gasteiger partial charge in [-0.3, -0.25) is 4.99 Å². The highest BCUT2D eigenvalue weighted by Gasteiger charge is 2.36. The highest BCUT2D eigenvalue weighted by Crippen LogP contribution is 2.31. The minimum atomic E-state index is 0. The third-order valence-corrected chi connectivity index (χ3v) is 6.38. The van der Waals surface area contributed by atoms with Gasteiger partial charge in [0.1, 0.15) is 11.6 Å². The van der Waals surface area contributed by atoms with Crippen LogP contribution in [0.4, 0.5) is 0 Å². The standard InChI is InChI=1S/C16H29N7S.HI/c1-12-19-14-6-5-13(9-23(14)21-12)20-15(17-2)18-10-16(22(3)4)7-8-24-11-16;/h13H,5-11H2,1-4H3,(H2,17,18,20);1H. The lowest BCUT2D eigenvalue weighted by Crippen LogP contribution is -2.56. The van der Waals surface area contributed by atoms with E-state index in [-0.39, 0.29) is 29.5 Å². The van der Waals surface area contributed by atoms with Crippen molar-refractivity contribution in [1.29, 1.82) is 0 Å². The number of hydrogen-bond donors (Lipinski definition) is 2. The first-order chi connectivity index (χ1) is 11.5. The molecule has 0 saturated carbocycles. The predicted molar refractivity (Wildman–Crippen MR) is 115 cm³/mol. The Morgan fingerprint density at radius 3 is 2.92 bits per heavy atom. The number of hydrogen-bond acceptors (Lipinski definition) is 5. The van der Waals surface area contributed by atoms with E-state index >= 15 is 0 Å². The van der Waals surface area contributed by atoms with Crippen LogP contribution in [0.5, 0.6) is 0 Å². The van der Waals surface area contributed by atoms with Crippen LogP contribution in [0.15, 0.2) is 4.99 Å². The third kappa shape index (κ3) is 4.79. The van der Waals surface area contributed by atoms with Gasteiger partial charge in [0, 0.05) is 37.3 Å². The van der Waals surface area contributed by atoms with Gasteiger partial charge >= 0.3 is 0 Å². The van der Waals surface area contributed by atoms with Gasteiger partial charge in [-0.1, -0.05) is 0 Å². The maximum absolute atomic E-state index is 4.47. The van der Waals surface area contributed by atoms with Crippen molar-refractivity contribution >= 4 is 41.7 Å². The number of aromatic nitrogens is 3. The maximum Gasteiger partial charge on any atom is 0.191 e. The number of halogens is 1. The van der Waals surface area contributed by atoms with Crippen LogP contribution in [0, 0.1) is 6.92 Å². The van der Waals surface area contributed by atoms with Crippen LogP contribution >= 0.6 is 35.7 Å². The third-order valence-electron chi connectivity index (χ3n) is 5.14. The Morgan fingerprint density at radius 2 is 2.28 bits per heavy atom. The van der Waals surface area contributed by atoms with E-state index in [2.05, 4.69) is 44.7 Å². The molecule has 0 aromatic carbocycles. The van der Waals surface area contributed by atoms with Gasteiger partial charge in [0.15, 0.2) is 5.96 Å². The highest BCUT2D eigenvalue weighted by atomic mass is 127. The molecule has 0 aliphatic carbocycles. The Labute approximate surface area is 171 Å². The summed E-state index contributed by atoms with van der Waals surface area (Å²) < 4.78 is 2.03. The molecule has 2 N–H and O–H groups in total. The summed E-state index contributed by atoms with van der Waals surface area (Å²) in [5.74, 6) is 5.26. The van der Waals surface area contributed by atoms with Gasteiger partial charge < -0.3 is 15.5 Å². The second-order valence-electron chi connectivity index (χ2n) is 6.98. The molecule has 2 unspecified atom stereocenters. The SMILES string of the molecule is CN=C(NCC1(N(C)C)CCSC1)NC1CCc2nc(C)nn2C1.I. The van der Waals surface area contributed by atoms with E-state index in [1.165, 1.54) is 17.9 Å². The number of nitrogens with one attached hydrogen (secondary N) is 2. The van der Waals surface area contributed by atoms with Gasteiger partial charge in [0.25, 0.3) is 0 Å². The Kier molecular flexibility index (Phi) is 7.39.